The van der Waals surface area contributed by atoms with E-state index in [1.807, 2.05) is 29.2 Å². The number of piperazine rings is 1. The minimum Gasteiger partial charge on any atom is -0.465 e. The molecule has 3 rings (SSSR count). The van der Waals surface area contributed by atoms with E-state index in [2.05, 4.69) is 4.90 Å². The number of rotatable bonds is 5. The summed E-state index contributed by atoms with van der Waals surface area (Å²) in [7, 11) is 1.30. The van der Waals surface area contributed by atoms with E-state index in [0.29, 0.717) is 42.3 Å². The van der Waals surface area contributed by atoms with Gasteiger partial charge in [0, 0.05) is 36.9 Å². The summed E-state index contributed by atoms with van der Waals surface area (Å²) in [6.07, 6.45) is 0. The van der Waals surface area contributed by atoms with Crippen molar-refractivity contribution in [3.8, 4) is 0 Å². The van der Waals surface area contributed by atoms with Crippen molar-refractivity contribution in [1.82, 2.24) is 4.90 Å². The number of hydrogen-bond acceptors (Lipinski definition) is 5. The van der Waals surface area contributed by atoms with E-state index in [-0.39, 0.29) is 0 Å². The molecule has 0 spiro atoms. The Bertz CT molecular complexity index is 823. The van der Waals surface area contributed by atoms with Gasteiger partial charge >= 0.3 is 5.97 Å². The van der Waals surface area contributed by atoms with E-state index in [0.717, 1.165) is 5.69 Å². The van der Waals surface area contributed by atoms with Crippen molar-refractivity contribution >= 4 is 34.3 Å². The molecular weight excluding hydrogens is 388 g/mol. The Kier molecular flexibility index (Phi) is 6.49. The first-order valence-electron chi connectivity index (χ1n) is 8.52. The van der Waals surface area contributed by atoms with Crippen LogP contribution in [0, 0.1) is 0 Å². The van der Waals surface area contributed by atoms with Crippen LogP contribution < -0.4 is 4.90 Å². The zero-order chi connectivity index (χ0) is 19.4. The summed E-state index contributed by atoms with van der Waals surface area (Å²) in [5.41, 5.74) is 1.88. The molecule has 0 radical (unpaired) electrons. The summed E-state index contributed by atoms with van der Waals surface area (Å²) in [5.74, 6) is -0.513. The lowest BCUT2D eigenvalue weighted by Crippen LogP contribution is -2.48. The molecule has 1 fully saturated rings. The highest BCUT2D eigenvalue weighted by Crippen LogP contribution is 2.29. The molecule has 2 atom stereocenters. The lowest BCUT2D eigenvalue weighted by molar-refractivity contribution is 0.0598. The van der Waals surface area contributed by atoms with E-state index in [4.69, 9.17) is 16.3 Å². The topological polar surface area (TPSA) is 70.1 Å². The van der Waals surface area contributed by atoms with Crippen LogP contribution in [0.15, 0.2) is 48.5 Å². The van der Waals surface area contributed by atoms with Crippen molar-refractivity contribution in [3.05, 3.63) is 64.7 Å². The highest BCUT2D eigenvalue weighted by Gasteiger charge is 2.32. The smallest absolute Gasteiger partial charge is 0.338 e. The lowest BCUT2D eigenvalue weighted by atomic mass is 10.1. The van der Waals surface area contributed by atoms with Crippen molar-refractivity contribution in [2.24, 2.45) is 0 Å². The Morgan fingerprint density at radius 1 is 1.11 bits per heavy atom. The summed E-state index contributed by atoms with van der Waals surface area (Å²) in [5, 5.41) is -0.0970. The molecule has 6 nitrogen and oxygen atoms in total. The number of methoxy groups -OCH3 is 1. The molecule has 8 heteroatoms. The molecule has 0 bridgehead atoms. The average molecular weight is 409 g/mol. The van der Waals surface area contributed by atoms with Crippen LogP contribution >= 0.6 is 11.6 Å². The van der Waals surface area contributed by atoms with Gasteiger partial charge in [0.05, 0.1) is 12.7 Å². The molecule has 1 aliphatic heterocycles. The molecule has 0 amide bonds. The van der Waals surface area contributed by atoms with E-state index in [1.165, 1.54) is 7.11 Å². The number of anilines is 1. The standard InChI is InChI=1S/C19H21ClN2O4S/c1-26-19(23)17-5-3-2-4-16(17)18(27(24)25)22-12-10-21(11-13-22)15-8-6-14(20)7-9-15/h2-9,18H,10-13H2,1H3,(H,24,25). The number of benzene rings is 2. The van der Waals surface area contributed by atoms with E-state index in [1.54, 1.807) is 24.3 Å². The number of carbonyl (C=O) groups is 1. The minimum atomic E-state index is -2.16. The molecule has 1 N–H and O–H groups in total. The van der Waals surface area contributed by atoms with Crippen LogP contribution in [0.1, 0.15) is 21.3 Å². The van der Waals surface area contributed by atoms with Gasteiger partial charge in [0.15, 0.2) is 11.1 Å². The molecule has 1 saturated heterocycles. The van der Waals surface area contributed by atoms with Crippen LogP contribution in [-0.2, 0) is 15.8 Å². The number of hydrogen-bond donors (Lipinski definition) is 1. The third-order valence-electron chi connectivity index (χ3n) is 4.66. The minimum absolute atomic E-state index is 0.313. The molecule has 2 aromatic carbocycles. The highest BCUT2D eigenvalue weighted by molar-refractivity contribution is 7.79. The second kappa shape index (κ2) is 8.84. The highest BCUT2D eigenvalue weighted by atomic mass is 35.5. The van der Waals surface area contributed by atoms with Gasteiger partial charge in [-0.3, -0.25) is 4.90 Å². The first-order valence-corrected chi connectivity index (χ1v) is 10.1. The van der Waals surface area contributed by atoms with Gasteiger partial charge in [0.1, 0.15) is 5.37 Å². The van der Waals surface area contributed by atoms with Gasteiger partial charge in [-0.1, -0.05) is 29.8 Å². The monoisotopic (exact) mass is 408 g/mol. The predicted octanol–water partition coefficient (Wildman–Crippen LogP) is 3.17. The van der Waals surface area contributed by atoms with Crippen LogP contribution in [0.25, 0.3) is 0 Å². The van der Waals surface area contributed by atoms with E-state index < -0.39 is 22.4 Å². The maximum absolute atomic E-state index is 12.1. The molecule has 0 saturated carbocycles. The number of nitrogens with zero attached hydrogens (tertiary/aromatic N) is 2. The Morgan fingerprint density at radius 2 is 1.74 bits per heavy atom. The fourth-order valence-corrected chi connectivity index (χ4v) is 4.32. The van der Waals surface area contributed by atoms with E-state index >= 15 is 0 Å². The second-order valence-electron chi connectivity index (χ2n) is 6.21. The Morgan fingerprint density at radius 3 is 2.33 bits per heavy atom. The number of ether oxygens (including phenoxy) is 1. The molecule has 2 aromatic rings. The molecule has 2 unspecified atom stereocenters. The lowest BCUT2D eigenvalue weighted by Gasteiger charge is -2.39. The third kappa shape index (κ3) is 4.50. The normalized spacial score (nSPS) is 17.4. The summed E-state index contributed by atoms with van der Waals surface area (Å²) in [6.45, 7) is 2.59. The average Bonchev–Trinajstić information content (AvgIpc) is 2.69. The molecule has 27 heavy (non-hydrogen) atoms. The van der Waals surface area contributed by atoms with Crippen LogP contribution in [-0.4, -0.2) is 52.9 Å². The molecule has 0 aliphatic carbocycles. The molecule has 144 valence electrons. The predicted molar refractivity (Wildman–Crippen MR) is 107 cm³/mol. The largest absolute Gasteiger partial charge is 0.465 e. The number of esters is 1. The Labute approximate surface area is 166 Å². The summed E-state index contributed by atoms with van der Waals surface area (Å²) in [4.78, 5) is 16.2. The quantitative estimate of drug-likeness (QED) is 0.605. The van der Waals surface area contributed by atoms with Gasteiger partial charge < -0.3 is 14.2 Å². The summed E-state index contributed by atoms with van der Waals surface area (Å²) < 4.78 is 26.9. The van der Waals surface area contributed by atoms with Crippen LogP contribution in [0.2, 0.25) is 5.02 Å². The number of halogens is 1. The fraction of sp³-hybridized carbons (Fsp3) is 0.316. The SMILES string of the molecule is COC(=O)c1ccccc1C(N1CCN(c2ccc(Cl)cc2)CC1)S(=O)O. The van der Waals surface area contributed by atoms with Crippen molar-refractivity contribution < 1.29 is 18.3 Å². The van der Waals surface area contributed by atoms with Gasteiger partial charge in [0.2, 0.25) is 0 Å². The maximum atomic E-state index is 12.1. The van der Waals surface area contributed by atoms with Crippen molar-refractivity contribution in [3.63, 3.8) is 0 Å². The summed E-state index contributed by atoms with van der Waals surface area (Å²) >= 11 is 3.79. The molecule has 0 aromatic heterocycles. The fourth-order valence-electron chi connectivity index (χ4n) is 3.31. The van der Waals surface area contributed by atoms with Crippen molar-refractivity contribution in [2.45, 2.75) is 5.37 Å². The van der Waals surface area contributed by atoms with Gasteiger partial charge in [-0.05, 0) is 35.9 Å². The van der Waals surface area contributed by atoms with Gasteiger partial charge in [-0.25, -0.2) is 9.00 Å². The van der Waals surface area contributed by atoms with Crippen molar-refractivity contribution in [2.75, 3.05) is 38.2 Å². The zero-order valence-electron chi connectivity index (χ0n) is 14.9. The van der Waals surface area contributed by atoms with Gasteiger partial charge in [-0.2, -0.15) is 0 Å². The first-order chi connectivity index (χ1) is 13.0. The molecular formula is C19H21ClN2O4S. The zero-order valence-corrected chi connectivity index (χ0v) is 16.4. The van der Waals surface area contributed by atoms with Gasteiger partial charge in [-0.15, -0.1) is 0 Å². The molecule has 1 heterocycles. The number of carbonyl (C=O) groups excluding carboxylic acids is 1. The third-order valence-corrected chi connectivity index (χ3v) is 5.85. The van der Waals surface area contributed by atoms with Crippen molar-refractivity contribution in [1.29, 1.82) is 0 Å². The van der Waals surface area contributed by atoms with Gasteiger partial charge in [0.25, 0.3) is 0 Å². The Hall–Kier alpha value is -1.93. The van der Waals surface area contributed by atoms with E-state index in [9.17, 15) is 13.6 Å². The van der Waals surface area contributed by atoms with Crippen LogP contribution in [0.5, 0.6) is 0 Å². The molecule has 1 aliphatic rings. The summed E-state index contributed by atoms with van der Waals surface area (Å²) in [6, 6.07) is 14.4. The first kappa shape index (κ1) is 19.8. The second-order valence-corrected chi connectivity index (χ2v) is 7.64. The van der Waals surface area contributed by atoms with Crippen LogP contribution in [0.3, 0.4) is 0 Å². The maximum Gasteiger partial charge on any atom is 0.338 e. The van der Waals surface area contributed by atoms with Crippen LogP contribution in [0.4, 0.5) is 5.69 Å². The Balaban J connectivity index is 1.79.